The number of carbonyl (C=O) groups is 1. The zero-order valence-electron chi connectivity index (χ0n) is 16.6. The number of carbonyl (C=O) groups excluding carboxylic acids is 1. The lowest BCUT2D eigenvalue weighted by atomic mass is 9.44. The molecule has 1 N–H and O–H groups in total. The first-order chi connectivity index (χ1) is 12.2. The van der Waals surface area contributed by atoms with Gasteiger partial charge in [0, 0.05) is 12.3 Å². The van der Waals surface area contributed by atoms with Gasteiger partial charge in [-0.15, -0.1) is 6.42 Å². The number of terminal acetylenes is 1. The lowest BCUT2D eigenvalue weighted by molar-refractivity contribution is -0.165. The fourth-order valence-corrected chi connectivity index (χ4v) is 7.72. The summed E-state index contributed by atoms with van der Waals surface area (Å²) in [6, 6.07) is 0. The zero-order valence-corrected chi connectivity index (χ0v) is 16.6. The zero-order chi connectivity index (χ0) is 18.7. The Morgan fingerprint density at radius 2 is 1.77 bits per heavy atom. The highest BCUT2D eigenvalue weighted by Crippen LogP contribution is 2.67. The molecule has 0 aromatic heterocycles. The lowest BCUT2D eigenvalue weighted by Crippen LogP contribution is -2.56. The molecule has 0 aromatic rings. The van der Waals surface area contributed by atoms with Gasteiger partial charge in [-0.1, -0.05) is 19.8 Å². The number of ether oxygens (including phenoxy) is 1. The number of aliphatic hydroxyl groups is 1. The normalized spacial score (nSPS) is 53.0. The summed E-state index contributed by atoms with van der Waals surface area (Å²) in [5, 5.41) is 10.7. The first kappa shape index (κ1) is 18.4. The molecule has 0 aliphatic heterocycles. The van der Waals surface area contributed by atoms with Crippen molar-refractivity contribution in [3.63, 3.8) is 0 Å². The van der Waals surface area contributed by atoms with E-state index in [2.05, 4.69) is 19.8 Å². The standard InChI is InChI=1S/C23H34O3/c1-5-23(25)13-12-21(3)16(14-23)6-7-17-18-8-9-20(26-15(2)24)22(18,4)11-10-19(17)21/h1,16-20,25H,6-14H2,2-4H3. The summed E-state index contributed by atoms with van der Waals surface area (Å²) in [7, 11) is 0. The lowest BCUT2D eigenvalue weighted by Gasteiger charge is -2.61. The van der Waals surface area contributed by atoms with Gasteiger partial charge < -0.3 is 9.84 Å². The molecule has 0 heterocycles. The average Bonchev–Trinajstić information content (AvgIpc) is 2.92. The van der Waals surface area contributed by atoms with Gasteiger partial charge in [-0.3, -0.25) is 4.79 Å². The van der Waals surface area contributed by atoms with Crippen LogP contribution in [0.25, 0.3) is 0 Å². The van der Waals surface area contributed by atoms with E-state index in [-0.39, 0.29) is 17.5 Å². The maximum atomic E-state index is 11.6. The Balaban J connectivity index is 1.57. The first-order valence-electron chi connectivity index (χ1n) is 10.6. The van der Waals surface area contributed by atoms with Gasteiger partial charge in [0.15, 0.2) is 0 Å². The van der Waals surface area contributed by atoms with E-state index in [0.717, 1.165) is 37.5 Å². The van der Waals surface area contributed by atoms with Crippen LogP contribution in [0, 0.1) is 46.8 Å². The molecular formula is C23H34O3. The van der Waals surface area contributed by atoms with Crippen LogP contribution in [-0.2, 0) is 9.53 Å². The topological polar surface area (TPSA) is 46.5 Å². The monoisotopic (exact) mass is 358 g/mol. The third-order valence-electron chi connectivity index (χ3n) is 9.22. The van der Waals surface area contributed by atoms with Crippen molar-refractivity contribution in [3.8, 4) is 12.3 Å². The van der Waals surface area contributed by atoms with Crippen LogP contribution in [0.5, 0.6) is 0 Å². The summed E-state index contributed by atoms with van der Waals surface area (Å²) < 4.78 is 5.74. The number of rotatable bonds is 1. The number of fused-ring (bicyclic) bond motifs is 5. The minimum absolute atomic E-state index is 0.106. The van der Waals surface area contributed by atoms with Gasteiger partial charge >= 0.3 is 5.97 Å². The molecule has 3 heteroatoms. The minimum atomic E-state index is -0.881. The Morgan fingerprint density at radius 3 is 2.46 bits per heavy atom. The van der Waals surface area contributed by atoms with Crippen molar-refractivity contribution in [3.05, 3.63) is 0 Å². The van der Waals surface area contributed by atoms with Gasteiger partial charge in [0.1, 0.15) is 11.7 Å². The van der Waals surface area contributed by atoms with E-state index in [1.165, 1.54) is 32.1 Å². The molecule has 4 aliphatic rings. The summed E-state index contributed by atoms with van der Waals surface area (Å²) in [5.41, 5.74) is -0.412. The van der Waals surface area contributed by atoms with E-state index < -0.39 is 5.60 Å². The van der Waals surface area contributed by atoms with Crippen LogP contribution >= 0.6 is 0 Å². The highest BCUT2D eigenvalue weighted by molar-refractivity contribution is 5.66. The molecule has 0 aromatic carbocycles. The van der Waals surface area contributed by atoms with Crippen molar-refractivity contribution >= 4 is 5.97 Å². The SMILES string of the molecule is C#CC1(O)CCC2(C)C(CCC3C2CCC2(C)C(OC(C)=O)CCC32)C1. The fourth-order valence-electron chi connectivity index (χ4n) is 7.72. The molecule has 0 radical (unpaired) electrons. The third-order valence-corrected chi connectivity index (χ3v) is 9.22. The van der Waals surface area contributed by atoms with Crippen molar-refractivity contribution in [2.75, 3.05) is 0 Å². The predicted octanol–water partition coefficient (Wildman–Crippen LogP) is 4.33. The summed E-state index contributed by atoms with van der Waals surface area (Å²) in [4.78, 5) is 11.6. The molecule has 4 fully saturated rings. The minimum Gasteiger partial charge on any atom is -0.462 e. The Morgan fingerprint density at radius 1 is 1.04 bits per heavy atom. The maximum Gasteiger partial charge on any atom is 0.302 e. The molecule has 144 valence electrons. The van der Waals surface area contributed by atoms with Crippen LogP contribution in [0.1, 0.15) is 78.6 Å². The van der Waals surface area contributed by atoms with Crippen LogP contribution in [-0.4, -0.2) is 22.8 Å². The summed E-state index contributed by atoms with van der Waals surface area (Å²) in [6.07, 6.45) is 15.4. The van der Waals surface area contributed by atoms with Crippen molar-refractivity contribution in [1.82, 2.24) is 0 Å². The van der Waals surface area contributed by atoms with Crippen LogP contribution in [0.15, 0.2) is 0 Å². The molecule has 8 atom stereocenters. The second-order valence-electron chi connectivity index (χ2n) is 10.3. The number of esters is 1. The Bertz CT molecular complexity index is 636. The number of hydrogen-bond donors (Lipinski definition) is 1. The molecule has 4 aliphatic carbocycles. The van der Waals surface area contributed by atoms with Gasteiger partial charge in [-0.2, -0.15) is 0 Å². The molecule has 0 amide bonds. The van der Waals surface area contributed by atoms with Crippen LogP contribution in [0.4, 0.5) is 0 Å². The third kappa shape index (κ3) is 2.55. The number of hydrogen-bond acceptors (Lipinski definition) is 3. The first-order valence-corrected chi connectivity index (χ1v) is 10.6. The van der Waals surface area contributed by atoms with Crippen LogP contribution < -0.4 is 0 Å². The van der Waals surface area contributed by atoms with Crippen molar-refractivity contribution in [1.29, 1.82) is 0 Å². The van der Waals surface area contributed by atoms with Gasteiger partial charge in [-0.25, -0.2) is 0 Å². The van der Waals surface area contributed by atoms with E-state index >= 15 is 0 Å². The van der Waals surface area contributed by atoms with E-state index in [0.29, 0.717) is 17.3 Å². The van der Waals surface area contributed by atoms with E-state index in [4.69, 9.17) is 11.2 Å². The highest BCUT2D eigenvalue weighted by atomic mass is 16.5. The Kier molecular flexibility index (Phi) is 4.23. The average molecular weight is 359 g/mol. The van der Waals surface area contributed by atoms with Gasteiger partial charge in [-0.05, 0) is 86.9 Å². The van der Waals surface area contributed by atoms with Gasteiger partial charge in [0.05, 0.1) is 0 Å². The second kappa shape index (κ2) is 5.99. The summed E-state index contributed by atoms with van der Waals surface area (Å²) >= 11 is 0. The summed E-state index contributed by atoms with van der Waals surface area (Å²) in [6.45, 7) is 6.40. The van der Waals surface area contributed by atoms with E-state index in [9.17, 15) is 9.90 Å². The summed E-state index contributed by atoms with van der Waals surface area (Å²) in [5.74, 6) is 5.25. The quantitative estimate of drug-likeness (QED) is 0.561. The molecule has 4 saturated carbocycles. The smallest absolute Gasteiger partial charge is 0.302 e. The molecule has 3 nitrogen and oxygen atoms in total. The van der Waals surface area contributed by atoms with Crippen LogP contribution in [0.3, 0.4) is 0 Å². The van der Waals surface area contributed by atoms with Gasteiger partial charge in [0.25, 0.3) is 0 Å². The molecule has 0 saturated heterocycles. The molecule has 0 spiro atoms. The molecule has 0 bridgehead atoms. The maximum absolute atomic E-state index is 11.6. The molecule has 8 unspecified atom stereocenters. The van der Waals surface area contributed by atoms with Gasteiger partial charge in [0.2, 0.25) is 0 Å². The Hall–Kier alpha value is -1.01. The molecular weight excluding hydrogens is 324 g/mol. The van der Waals surface area contributed by atoms with E-state index in [1.807, 2.05) is 0 Å². The van der Waals surface area contributed by atoms with Crippen LogP contribution in [0.2, 0.25) is 0 Å². The van der Waals surface area contributed by atoms with E-state index in [1.54, 1.807) is 6.92 Å². The molecule has 4 rings (SSSR count). The largest absolute Gasteiger partial charge is 0.462 e. The highest BCUT2D eigenvalue weighted by Gasteiger charge is 2.61. The predicted molar refractivity (Wildman–Crippen MR) is 101 cm³/mol. The van der Waals surface area contributed by atoms with Crippen molar-refractivity contribution < 1.29 is 14.6 Å². The fraction of sp³-hybridized carbons (Fsp3) is 0.870. The molecule has 26 heavy (non-hydrogen) atoms. The van der Waals surface area contributed by atoms with Crippen molar-refractivity contribution in [2.45, 2.75) is 90.3 Å². The van der Waals surface area contributed by atoms with Crippen molar-refractivity contribution in [2.24, 2.45) is 34.5 Å². The Labute approximate surface area is 158 Å². The second-order valence-corrected chi connectivity index (χ2v) is 10.3.